The molecular formula is C16H20FNO3. The number of carbonyl (C=O) groups is 2. The van der Waals surface area contributed by atoms with Gasteiger partial charge in [0.25, 0.3) is 0 Å². The Morgan fingerprint density at radius 2 is 1.81 bits per heavy atom. The van der Waals surface area contributed by atoms with Crippen LogP contribution in [0, 0.1) is 0 Å². The van der Waals surface area contributed by atoms with Gasteiger partial charge in [-0.2, -0.15) is 0 Å². The first-order valence-corrected chi connectivity index (χ1v) is 6.90. The summed E-state index contributed by atoms with van der Waals surface area (Å²) in [5.74, 6) is -0.182. The first kappa shape index (κ1) is 15.5. The van der Waals surface area contributed by atoms with Crippen molar-refractivity contribution in [1.82, 2.24) is 4.90 Å². The van der Waals surface area contributed by atoms with Crippen molar-refractivity contribution in [2.75, 3.05) is 13.1 Å². The van der Waals surface area contributed by atoms with E-state index in [2.05, 4.69) is 0 Å². The highest BCUT2D eigenvalue weighted by Gasteiger charge is 2.49. The smallest absolute Gasteiger partial charge is 0.410 e. The average molecular weight is 293 g/mol. The maximum atomic E-state index is 14.9. The van der Waals surface area contributed by atoms with Crippen molar-refractivity contribution in [2.24, 2.45) is 0 Å². The van der Waals surface area contributed by atoms with Crippen molar-refractivity contribution in [1.29, 1.82) is 0 Å². The number of halogens is 1. The molecular weight excluding hydrogens is 273 g/mol. The Morgan fingerprint density at radius 1 is 1.24 bits per heavy atom. The number of Topliss-reactive ketones (excluding diaryl/α,β-unsaturated/α-hetero) is 1. The highest BCUT2D eigenvalue weighted by molar-refractivity contribution is 5.96. The fourth-order valence-electron chi connectivity index (χ4n) is 2.37. The maximum Gasteiger partial charge on any atom is 0.410 e. The lowest BCUT2D eigenvalue weighted by Crippen LogP contribution is -2.60. The predicted molar refractivity (Wildman–Crippen MR) is 77.0 cm³/mol. The Balaban J connectivity index is 2.12. The molecule has 21 heavy (non-hydrogen) atoms. The summed E-state index contributed by atoms with van der Waals surface area (Å²) in [6, 6.07) is 6.60. The molecule has 2 rings (SSSR count). The van der Waals surface area contributed by atoms with Crippen LogP contribution in [-0.2, 0) is 10.4 Å². The first-order valence-electron chi connectivity index (χ1n) is 6.90. The van der Waals surface area contributed by atoms with Crippen LogP contribution in [0.2, 0.25) is 0 Å². The van der Waals surface area contributed by atoms with Crippen molar-refractivity contribution < 1.29 is 18.7 Å². The summed E-state index contributed by atoms with van der Waals surface area (Å²) in [4.78, 5) is 24.7. The largest absolute Gasteiger partial charge is 0.444 e. The van der Waals surface area contributed by atoms with Gasteiger partial charge in [-0.1, -0.05) is 24.3 Å². The Bertz CT molecular complexity index is 571. The van der Waals surface area contributed by atoms with Gasteiger partial charge in [-0.15, -0.1) is 0 Å². The molecule has 1 amide bonds. The molecule has 1 aliphatic rings. The van der Waals surface area contributed by atoms with Crippen LogP contribution in [0.3, 0.4) is 0 Å². The SMILES string of the molecule is CC(=O)c1ccccc1C1(F)CN(C(=O)OC(C)(C)C)C1. The summed E-state index contributed by atoms with van der Waals surface area (Å²) in [6.45, 7) is 6.51. The molecule has 114 valence electrons. The van der Waals surface area contributed by atoms with Crippen LogP contribution in [0.15, 0.2) is 24.3 Å². The van der Waals surface area contributed by atoms with Gasteiger partial charge in [-0.3, -0.25) is 4.79 Å². The van der Waals surface area contributed by atoms with Gasteiger partial charge in [0.05, 0.1) is 13.1 Å². The minimum absolute atomic E-state index is 0.0911. The fraction of sp³-hybridized carbons (Fsp3) is 0.500. The Labute approximate surface area is 123 Å². The van der Waals surface area contributed by atoms with Crippen LogP contribution < -0.4 is 0 Å². The molecule has 0 atom stereocenters. The Kier molecular flexibility index (Phi) is 3.78. The molecule has 4 nitrogen and oxygen atoms in total. The summed E-state index contributed by atoms with van der Waals surface area (Å²) >= 11 is 0. The summed E-state index contributed by atoms with van der Waals surface area (Å²) in [5.41, 5.74) is -1.58. The number of nitrogens with zero attached hydrogens (tertiary/aromatic N) is 1. The molecule has 1 saturated heterocycles. The van der Waals surface area contributed by atoms with E-state index < -0.39 is 17.4 Å². The zero-order chi connectivity index (χ0) is 15.8. The molecule has 1 aromatic carbocycles. The second kappa shape index (κ2) is 5.13. The second-order valence-corrected chi connectivity index (χ2v) is 6.40. The van der Waals surface area contributed by atoms with Crippen LogP contribution >= 0.6 is 0 Å². The van der Waals surface area contributed by atoms with Crippen molar-refractivity contribution in [3.8, 4) is 0 Å². The van der Waals surface area contributed by atoms with Crippen LogP contribution in [-0.4, -0.2) is 35.5 Å². The predicted octanol–water partition coefficient (Wildman–Crippen LogP) is 3.30. The van der Waals surface area contributed by atoms with Crippen molar-refractivity contribution in [2.45, 2.75) is 39.0 Å². The normalized spacial score (nSPS) is 17.1. The number of hydrogen-bond acceptors (Lipinski definition) is 3. The number of hydrogen-bond donors (Lipinski definition) is 0. The van der Waals surface area contributed by atoms with Crippen LogP contribution in [0.5, 0.6) is 0 Å². The third-order valence-electron chi connectivity index (χ3n) is 3.32. The quantitative estimate of drug-likeness (QED) is 0.786. The topological polar surface area (TPSA) is 46.6 Å². The first-order chi connectivity index (χ1) is 9.62. The minimum atomic E-state index is -1.68. The number of amides is 1. The highest BCUT2D eigenvalue weighted by atomic mass is 19.1. The van der Waals surface area contributed by atoms with E-state index in [-0.39, 0.29) is 18.9 Å². The molecule has 0 saturated carbocycles. The molecule has 1 aromatic rings. The third kappa shape index (κ3) is 3.23. The van der Waals surface area contributed by atoms with Crippen LogP contribution in [0.25, 0.3) is 0 Å². The van der Waals surface area contributed by atoms with E-state index in [0.29, 0.717) is 11.1 Å². The van der Waals surface area contributed by atoms with E-state index in [1.165, 1.54) is 11.8 Å². The van der Waals surface area contributed by atoms with Crippen molar-refractivity contribution in [3.63, 3.8) is 0 Å². The number of benzene rings is 1. The van der Waals surface area contributed by atoms with E-state index >= 15 is 0 Å². The molecule has 0 bridgehead atoms. The molecule has 0 aromatic heterocycles. The zero-order valence-corrected chi connectivity index (χ0v) is 12.8. The standard InChI is InChI=1S/C16H20FNO3/c1-11(19)12-7-5-6-8-13(12)16(17)9-18(10-16)14(20)21-15(2,3)4/h5-8H,9-10H2,1-4H3. The number of ketones is 1. The summed E-state index contributed by atoms with van der Waals surface area (Å²) in [5, 5.41) is 0. The molecule has 0 spiro atoms. The zero-order valence-electron chi connectivity index (χ0n) is 12.8. The molecule has 0 unspecified atom stereocenters. The fourth-order valence-corrected chi connectivity index (χ4v) is 2.37. The third-order valence-corrected chi connectivity index (χ3v) is 3.32. The van der Waals surface area contributed by atoms with Crippen molar-refractivity contribution in [3.05, 3.63) is 35.4 Å². The van der Waals surface area contributed by atoms with E-state index in [4.69, 9.17) is 4.74 Å². The molecule has 0 radical (unpaired) electrons. The summed E-state index contributed by atoms with van der Waals surface area (Å²) in [7, 11) is 0. The van der Waals surface area contributed by atoms with Crippen LogP contribution in [0.4, 0.5) is 9.18 Å². The van der Waals surface area contributed by atoms with E-state index in [1.807, 2.05) is 0 Å². The molecule has 0 aliphatic carbocycles. The van der Waals surface area contributed by atoms with Gasteiger partial charge < -0.3 is 9.64 Å². The Hall–Kier alpha value is -1.91. The van der Waals surface area contributed by atoms with Crippen LogP contribution in [0.1, 0.15) is 43.6 Å². The van der Waals surface area contributed by atoms with Gasteiger partial charge in [0.2, 0.25) is 0 Å². The summed E-state index contributed by atoms with van der Waals surface area (Å²) < 4.78 is 20.1. The van der Waals surface area contributed by atoms with E-state index in [9.17, 15) is 14.0 Å². The molecule has 1 aliphatic heterocycles. The number of carbonyl (C=O) groups excluding carboxylic acids is 2. The van der Waals surface area contributed by atoms with Gasteiger partial charge >= 0.3 is 6.09 Å². The lowest BCUT2D eigenvalue weighted by atomic mass is 9.84. The monoisotopic (exact) mass is 293 g/mol. The molecule has 0 N–H and O–H groups in total. The minimum Gasteiger partial charge on any atom is -0.444 e. The highest BCUT2D eigenvalue weighted by Crippen LogP contribution is 2.38. The lowest BCUT2D eigenvalue weighted by molar-refractivity contribution is -0.0539. The molecule has 1 fully saturated rings. The molecule has 5 heteroatoms. The number of alkyl halides is 1. The van der Waals surface area contributed by atoms with Gasteiger partial charge in [0.1, 0.15) is 5.60 Å². The molecule has 1 heterocycles. The lowest BCUT2D eigenvalue weighted by Gasteiger charge is -2.45. The van der Waals surface area contributed by atoms with Crippen molar-refractivity contribution >= 4 is 11.9 Å². The van der Waals surface area contributed by atoms with Gasteiger partial charge in [-0.05, 0) is 27.7 Å². The number of rotatable bonds is 2. The number of likely N-dealkylation sites (tertiary alicyclic amines) is 1. The average Bonchev–Trinajstić information content (AvgIpc) is 2.32. The Morgan fingerprint density at radius 3 is 2.33 bits per heavy atom. The van der Waals surface area contributed by atoms with Gasteiger partial charge in [0, 0.05) is 11.1 Å². The second-order valence-electron chi connectivity index (χ2n) is 6.40. The summed E-state index contributed by atoms with van der Waals surface area (Å²) in [6.07, 6.45) is -0.531. The van der Waals surface area contributed by atoms with E-state index in [1.54, 1.807) is 45.0 Å². The van der Waals surface area contributed by atoms with E-state index in [0.717, 1.165) is 0 Å². The maximum absolute atomic E-state index is 14.9. The van der Waals surface area contributed by atoms with Gasteiger partial charge in [-0.25, -0.2) is 9.18 Å². The number of ether oxygens (including phenoxy) is 1. The van der Waals surface area contributed by atoms with Gasteiger partial charge in [0.15, 0.2) is 11.5 Å².